The van der Waals surface area contributed by atoms with Crippen LogP contribution in [0.1, 0.15) is 33.0 Å². The molecule has 3 aromatic rings. The minimum absolute atomic E-state index is 0.00854. The fourth-order valence-corrected chi connectivity index (χ4v) is 4.72. The van der Waals surface area contributed by atoms with E-state index in [1.54, 1.807) is 54.6 Å². The molecule has 202 valence electrons. The lowest BCUT2D eigenvalue weighted by Gasteiger charge is -2.36. The highest BCUT2D eigenvalue weighted by molar-refractivity contribution is 6.08. The van der Waals surface area contributed by atoms with Gasteiger partial charge < -0.3 is 20.5 Å². The first-order valence-corrected chi connectivity index (χ1v) is 12.4. The lowest BCUT2D eigenvalue weighted by Crippen LogP contribution is -2.41. The van der Waals surface area contributed by atoms with Crippen LogP contribution in [0.15, 0.2) is 102 Å². The van der Waals surface area contributed by atoms with Crippen LogP contribution in [0, 0.1) is 18.3 Å². The number of ether oxygens (including phenoxy) is 2. The van der Waals surface area contributed by atoms with Crippen LogP contribution in [0.5, 0.6) is 0 Å². The predicted octanol–water partition coefficient (Wildman–Crippen LogP) is 3.82. The van der Waals surface area contributed by atoms with E-state index in [0.717, 1.165) is 11.1 Å². The number of rotatable bonds is 7. The van der Waals surface area contributed by atoms with Gasteiger partial charge in [0.2, 0.25) is 0 Å². The second-order valence-electron chi connectivity index (χ2n) is 9.02. The Balaban J connectivity index is 1.90. The molecule has 0 fully saturated rings. The number of carbonyl (C=O) groups excluding carboxylic acids is 3. The first kappa shape index (κ1) is 27.7. The van der Waals surface area contributed by atoms with Gasteiger partial charge >= 0.3 is 11.9 Å². The van der Waals surface area contributed by atoms with Crippen molar-refractivity contribution in [3.05, 3.63) is 124 Å². The summed E-state index contributed by atoms with van der Waals surface area (Å²) in [6.45, 7) is 2.22. The van der Waals surface area contributed by atoms with E-state index in [1.807, 2.05) is 31.2 Å². The Morgan fingerprint density at radius 1 is 0.950 bits per heavy atom. The van der Waals surface area contributed by atoms with Crippen molar-refractivity contribution in [1.29, 1.82) is 5.26 Å². The third-order valence-electron chi connectivity index (χ3n) is 6.54. The zero-order valence-corrected chi connectivity index (χ0v) is 22.3. The summed E-state index contributed by atoms with van der Waals surface area (Å²) in [6.07, 6.45) is 0. The zero-order chi connectivity index (χ0) is 28.8. The van der Waals surface area contributed by atoms with Gasteiger partial charge in [0.25, 0.3) is 5.91 Å². The highest BCUT2D eigenvalue weighted by Crippen LogP contribution is 2.43. The van der Waals surface area contributed by atoms with Crippen LogP contribution in [0.4, 0.5) is 5.69 Å². The molecule has 0 saturated carbocycles. The Morgan fingerprint density at radius 2 is 1.62 bits per heavy atom. The smallest absolute Gasteiger partial charge is 0.355 e. The second kappa shape index (κ2) is 12.0. The van der Waals surface area contributed by atoms with Gasteiger partial charge in [0.05, 0.1) is 48.6 Å². The Kier molecular flexibility index (Phi) is 8.30. The molecular weight excluding hydrogens is 508 g/mol. The van der Waals surface area contributed by atoms with Crippen molar-refractivity contribution in [2.24, 2.45) is 5.73 Å². The fourth-order valence-electron chi connectivity index (χ4n) is 4.72. The molecule has 1 amide bonds. The van der Waals surface area contributed by atoms with E-state index in [0.29, 0.717) is 5.56 Å². The van der Waals surface area contributed by atoms with Gasteiger partial charge in [-0.25, -0.2) is 9.59 Å². The van der Waals surface area contributed by atoms with Crippen molar-refractivity contribution in [2.45, 2.75) is 19.4 Å². The molecule has 1 aliphatic rings. The molecule has 1 heterocycles. The number of nitrogens with zero attached hydrogens (tertiary/aromatic N) is 2. The minimum Gasteiger partial charge on any atom is -0.466 e. The summed E-state index contributed by atoms with van der Waals surface area (Å²) in [4.78, 5) is 41.3. The number of esters is 2. The zero-order valence-electron chi connectivity index (χ0n) is 22.3. The standard InChI is InChI=1S/C31H28N4O5/c1-19-10-9-11-20(16-19)18-34-29(36)22-14-7-8-15-24(22)35-27(31(38)40-3)26(30(37)39-2)25(23(17-32)28(35)33)21-12-5-4-6-13-21/h4-16,25H,18,33H2,1-3H3,(H,34,36). The Labute approximate surface area is 232 Å². The Bertz CT molecular complexity index is 1570. The van der Waals surface area contributed by atoms with E-state index in [2.05, 4.69) is 11.4 Å². The largest absolute Gasteiger partial charge is 0.466 e. The number of nitrogens with one attached hydrogen (secondary N) is 1. The first-order valence-electron chi connectivity index (χ1n) is 12.4. The number of allylic oxidation sites excluding steroid dienone is 1. The number of nitrogens with two attached hydrogens (primary N) is 1. The maximum atomic E-state index is 13.4. The summed E-state index contributed by atoms with van der Waals surface area (Å²) in [7, 11) is 2.34. The van der Waals surface area contributed by atoms with Gasteiger partial charge in [-0.2, -0.15) is 5.26 Å². The number of carbonyl (C=O) groups is 3. The second-order valence-corrected chi connectivity index (χ2v) is 9.02. The predicted molar refractivity (Wildman–Crippen MR) is 148 cm³/mol. The number of anilines is 1. The molecule has 1 aliphatic heterocycles. The Morgan fingerprint density at radius 3 is 2.27 bits per heavy atom. The quantitative estimate of drug-likeness (QED) is 0.435. The highest BCUT2D eigenvalue weighted by Gasteiger charge is 2.43. The molecule has 0 aliphatic carbocycles. The molecule has 1 atom stereocenters. The summed E-state index contributed by atoms with van der Waals surface area (Å²) in [6, 6.07) is 25.0. The van der Waals surface area contributed by atoms with E-state index in [4.69, 9.17) is 15.2 Å². The first-order chi connectivity index (χ1) is 19.3. The summed E-state index contributed by atoms with van der Waals surface area (Å²) < 4.78 is 10.1. The molecule has 40 heavy (non-hydrogen) atoms. The number of benzene rings is 3. The van der Waals surface area contributed by atoms with Crippen molar-refractivity contribution >= 4 is 23.5 Å². The van der Waals surface area contributed by atoms with Gasteiger partial charge in [0.15, 0.2) is 0 Å². The van der Waals surface area contributed by atoms with E-state index in [-0.39, 0.29) is 40.5 Å². The van der Waals surface area contributed by atoms with Crippen LogP contribution in [-0.2, 0) is 25.6 Å². The van der Waals surface area contributed by atoms with Crippen LogP contribution in [0.2, 0.25) is 0 Å². The maximum absolute atomic E-state index is 13.4. The summed E-state index contributed by atoms with van der Waals surface area (Å²) in [5.41, 5.74) is 9.07. The highest BCUT2D eigenvalue weighted by atomic mass is 16.5. The molecule has 3 aromatic carbocycles. The van der Waals surface area contributed by atoms with Crippen molar-refractivity contribution in [3.8, 4) is 6.07 Å². The van der Waals surface area contributed by atoms with Crippen molar-refractivity contribution in [1.82, 2.24) is 5.32 Å². The average molecular weight is 537 g/mol. The van der Waals surface area contributed by atoms with Gasteiger partial charge in [0.1, 0.15) is 11.5 Å². The molecular formula is C31H28N4O5. The van der Waals surface area contributed by atoms with Gasteiger partial charge in [0, 0.05) is 6.54 Å². The SMILES string of the molecule is COC(=O)C1=C(C(=O)OC)N(c2ccccc2C(=O)NCc2cccc(C)c2)C(N)=C(C#N)C1c1ccccc1. The fraction of sp³-hybridized carbons (Fsp3) is 0.161. The number of hydrogen-bond donors (Lipinski definition) is 2. The number of methoxy groups -OCH3 is 2. The normalized spacial score (nSPS) is 14.8. The molecule has 0 aromatic heterocycles. The van der Waals surface area contributed by atoms with Crippen LogP contribution >= 0.6 is 0 Å². The lowest BCUT2D eigenvalue weighted by molar-refractivity contribution is -0.139. The molecule has 1 unspecified atom stereocenters. The van der Waals surface area contributed by atoms with Crippen LogP contribution in [0.3, 0.4) is 0 Å². The van der Waals surface area contributed by atoms with Crippen LogP contribution < -0.4 is 16.0 Å². The van der Waals surface area contributed by atoms with Crippen LogP contribution in [0.25, 0.3) is 0 Å². The summed E-state index contributed by atoms with van der Waals surface area (Å²) in [5.74, 6) is -3.32. The maximum Gasteiger partial charge on any atom is 0.355 e. The number of hydrogen-bond acceptors (Lipinski definition) is 8. The van der Waals surface area contributed by atoms with Gasteiger partial charge in [-0.3, -0.25) is 9.69 Å². The average Bonchev–Trinajstić information content (AvgIpc) is 2.98. The van der Waals surface area contributed by atoms with E-state index in [9.17, 15) is 19.6 Å². The number of para-hydroxylation sites is 1. The van der Waals surface area contributed by atoms with Gasteiger partial charge in [-0.1, -0.05) is 72.3 Å². The van der Waals surface area contributed by atoms with Crippen molar-refractivity contribution < 1.29 is 23.9 Å². The summed E-state index contributed by atoms with van der Waals surface area (Å²) in [5, 5.41) is 13.1. The van der Waals surface area contributed by atoms with E-state index >= 15 is 0 Å². The van der Waals surface area contributed by atoms with Crippen LogP contribution in [-0.4, -0.2) is 32.1 Å². The lowest BCUT2D eigenvalue weighted by atomic mass is 9.80. The topological polar surface area (TPSA) is 135 Å². The van der Waals surface area contributed by atoms with Crippen molar-refractivity contribution in [3.63, 3.8) is 0 Å². The van der Waals surface area contributed by atoms with E-state index in [1.165, 1.54) is 19.1 Å². The molecule has 3 N–H and O–H groups in total. The molecule has 4 rings (SSSR count). The molecule has 0 spiro atoms. The number of aryl methyl sites for hydroxylation is 1. The molecule has 0 radical (unpaired) electrons. The monoisotopic (exact) mass is 536 g/mol. The summed E-state index contributed by atoms with van der Waals surface area (Å²) >= 11 is 0. The molecule has 0 bridgehead atoms. The number of nitriles is 1. The van der Waals surface area contributed by atoms with Crippen molar-refractivity contribution in [2.75, 3.05) is 19.1 Å². The Hall–Kier alpha value is -5.36. The molecule has 0 saturated heterocycles. The van der Waals surface area contributed by atoms with Gasteiger partial charge in [-0.15, -0.1) is 0 Å². The van der Waals surface area contributed by atoms with E-state index < -0.39 is 23.8 Å². The third kappa shape index (κ3) is 5.28. The van der Waals surface area contributed by atoms with Gasteiger partial charge in [-0.05, 0) is 30.2 Å². The molecule has 9 heteroatoms. The number of amides is 1. The third-order valence-corrected chi connectivity index (χ3v) is 6.54. The molecule has 9 nitrogen and oxygen atoms in total. The minimum atomic E-state index is -1.01.